The van der Waals surface area contributed by atoms with Gasteiger partial charge in [0.15, 0.2) is 0 Å². The molecule has 1 aromatic rings. The Morgan fingerprint density at radius 2 is 1.88 bits per heavy atom. The summed E-state index contributed by atoms with van der Waals surface area (Å²) in [5.74, 6) is -1.14. The third-order valence-electron chi connectivity index (χ3n) is 2.22. The minimum atomic E-state index is -4.97. The van der Waals surface area contributed by atoms with Crippen LogP contribution in [0.4, 0.5) is 17.6 Å². The number of carboxylic acids is 1. The van der Waals surface area contributed by atoms with E-state index in [0.717, 1.165) is 6.07 Å². The Labute approximate surface area is 94.9 Å². The van der Waals surface area contributed by atoms with Crippen molar-refractivity contribution in [2.75, 3.05) is 0 Å². The van der Waals surface area contributed by atoms with Crippen LogP contribution in [0, 0.1) is 0 Å². The molecule has 0 saturated carbocycles. The fourth-order valence-corrected chi connectivity index (χ4v) is 1.43. The monoisotopic (exact) mass is 250 g/mol. The number of aliphatic carboxylic acids is 1. The number of carbonyl (C=O) groups is 1. The second-order valence-corrected chi connectivity index (χ2v) is 3.50. The zero-order valence-corrected chi connectivity index (χ0v) is 8.67. The van der Waals surface area contributed by atoms with Crippen molar-refractivity contribution in [3.63, 3.8) is 0 Å². The molecule has 0 bridgehead atoms. The van der Waals surface area contributed by atoms with Gasteiger partial charge >= 0.3 is 12.1 Å². The number of alkyl halides is 4. The van der Waals surface area contributed by atoms with Crippen LogP contribution in [0.15, 0.2) is 24.3 Å². The fraction of sp³-hybridized carbons (Fsp3) is 0.364. The highest BCUT2D eigenvalue weighted by atomic mass is 19.4. The third-order valence-corrected chi connectivity index (χ3v) is 2.22. The molecule has 0 saturated heterocycles. The average molecular weight is 250 g/mol. The highest BCUT2D eigenvalue weighted by Gasteiger charge is 2.42. The smallest absolute Gasteiger partial charge is 0.423 e. The summed E-state index contributed by atoms with van der Waals surface area (Å²) < 4.78 is 49.8. The highest BCUT2D eigenvalue weighted by molar-refractivity contribution is 5.67. The first-order valence-electron chi connectivity index (χ1n) is 4.82. The number of rotatable bonds is 4. The van der Waals surface area contributed by atoms with Gasteiger partial charge in [0.2, 0.25) is 6.17 Å². The van der Waals surface area contributed by atoms with Crippen molar-refractivity contribution in [1.29, 1.82) is 0 Å². The average Bonchev–Trinajstić information content (AvgIpc) is 2.24. The maximum absolute atomic E-state index is 13.2. The zero-order chi connectivity index (χ0) is 13.1. The summed E-state index contributed by atoms with van der Waals surface area (Å²) in [6, 6.07) is 5.06. The Balaban J connectivity index is 2.95. The molecule has 0 amide bonds. The Hall–Kier alpha value is -1.59. The Morgan fingerprint density at radius 1 is 1.29 bits per heavy atom. The Morgan fingerprint density at radius 3 is 2.41 bits per heavy atom. The van der Waals surface area contributed by atoms with Gasteiger partial charge in [-0.15, -0.1) is 0 Å². The first-order chi connectivity index (χ1) is 7.82. The van der Waals surface area contributed by atoms with E-state index in [0.29, 0.717) is 0 Å². The van der Waals surface area contributed by atoms with Gasteiger partial charge in [0, 0.05) is 6.42 Å². The van der Waals surface area contributed by atoms with E-state index < -0.39 is 23.9 Å². The molecular weight excluding hydrogens is 240 g/mol. The van der Waals surface area contributed by atoms with Crippen molar-refractivity contribution < 1.29 is 27.5 Å². The molecular formula is C11H10F4O2. The number of halogens is 4. The SMILES string of the molecule is O=C(O)CCc1ccccc1C(F)C(F)(F)F. The summed E-state index contributed by atoms with van der Waals surface area (Å²) in [6.45, 7) is 0. The minimum Gasteiger partial charge on any atom is -0.481 e. The third kappa shape index (κ3) is 3.72. The van der Waals surface area contributed by atoms with E-state index in [1.165, 1.54) is 18.2 Å². The van der Waals surface area contributed by atoms with Gasteiger partial charge in [0.1, 0.15) is 0 Å². The second kappa shape index (κ2) is 5.16. The fourth-order valence-electron chi connectivity index (χ4n) is 1.43. The lowest BCUT2D eigenvalue weighted by atomic mass is 9.99. The number of aryl methyl sites for hydroxylation is 1. The summed E-state index contributed by atoms with van der Waals surface area (Å²) >= 11 is 0. The van der Waals surface area contributed by atoms with Crippen LogP contribution in [-0.4, -0.2) is 17.3 Å². The van der Waals surface area contributed by atoms with Gasteiger partial charge in [-0.05, 0) is 17.5 Å². The number of carboxylic acid groups (broad SMARTS) is 1. The van der Waals surface area contributed by atoms with Crippen LogP contribution in [0.1, 0.15) is 23.7 Å². The Kier molecular flexibility index (Phi) is 4.09. The van der Waals surface area contributed by atoms with Crippen LogP contribution < -0.4 is 0 Å². The van der Waals surface area contributed by atoms with E-state index in [2.05, 4.69) is 0 Å². The van der Waals surface area contributed by atoms with Crippen molar-refractivity contribution in [2.45, 2.75) is 25.2 Å². The predicted octanol–water partition coefficient (Wildman–Crippen LogP) is 3.28. The van der Waals surface area contributed by atoms with Crippen molar-refractivity contribution in [2.24, 2.45) is 0 Å². The molecule has 1 aromatic carbocycles. The van der Waals surface area contributed by atoms with Gasteiger partial charge in [-0.25, -0.2) is 4.39 Å². The van der Waals surface area contributed by atoms with E-state index in [-0.39, 0.29) is 18.4 Å². The molecule has 0 heterocycles. The lowest BCUT2D eigenvalue weighted by Crippen LogP contribution is -2.18. The van der Waals surface area contributed by atoms with Gasteiger partial charge < -0.3 is 5.11 Å². The molecule has 1 N–H and O–H groups in total. The number of hydrogen-bond acceptors (Lipinski definition) is 1. The lowest BCUT2D eigenvalue weighted by Gasteiger charge is -2.15. The topological polar surface area (TPSA) is 37.3 Å². The summed E-state index contributed by atoms with van der Waals surface area (Å²) in [6.07, 6.45) is -8.50. The number of hydrogen-bond donors (Lipinski definition) is 1. The van der Waals surface area contributed by atoms with Gasteiger partial charge in [-0.2, -0.15) is 13.2 Å². The maximum atomic E-state index is 13.2. The van der Waals surface area contributed by atoms with E-state index in [1.807, 2.05) is 0 Å². The van der Waals surface area contributed by atoms with Crippen molar-refractivity contribution in [3.05, 3.63) is 35.4 Å². The normalized spacial score (nSPS) is 13.4. The molecule has 0 radical (unpaired) electrons. The lowest BCUT2D eigenvalue weighted by molar-refractivity contribution is -0.183. The zero-order valence-electron chi connectivity index (χ0n) is 8.67. The predicted molar refractivity (Wildman–Crippen MR) is 52.3 cm³/mol. The summed E-state index contributed by atoms with van der Waals surface area (Å²) in [5, 5.41) is 8.45. The van der Waals surface area contributed by atoms with Crippen LogP contribution in [0.5, 0.6) is 0 Å². The van der Waals surface area contributed by atoms with E-state index in [1.54, 1.807) is 0 Å². The molecule has 1 rings (SSSR count). The highest BCUT2D eigenvalue weighted by Crippen LogP contribution is 2.37. The standard InChI is InChI=1S/C11H10F4O2/c12-10(11(13,14)15)8-4-2-1-3-7(8)5-6-9(16)17/h1-4,10H,5-6H2,(H,16,17). The van der Waals surface area contributed by atoms with Crippen LogP contribution in [0.3, 0.4) is 0 Å². The van der Waals surface area contributed by atoms with Gasteiger partial charge in [-0.1, -0.05) is 24.3 Å². The molecule has 94 valence electrons. The summed E-state index contributed by atoms with van der Waals surface area (Å²) in [7, 11) is 0. The number of benzene rings is 1. The second-order valence-electron chi connectivity index (χ2n) is 3.50. The molecule has 17 heavy (non-hydrogen) atoms. The first-order valence-corrected chi connectivity index (χ1v) is 4.82. The molecule has 0 spiro atoms. The summed E-state index contributed by atoms with van der Waals surface area (Å²) in [4.78, 5) is 10.3. The van der Waals surface area contributed by atoms with Crippen molar-refractivity contribution in [1.82, 2.24) is 0 Å². The van der Waals surface area contributed by atoms with Crippen molar-refractivity contribution in [3.8, 4) is 0 Å². The van der Waals surface area contributed by atoms with Crippen LogP contribution >= 0.6 is 0 Å². The molecule has 0 fully saturated rings. The molecule has 0 aliphatic carbocycles. The van der Waals surface area contributed by atoms with Gasteiger partial charge in [0.25, 0.3) is 0 Å². The molecule has 0 aromatic heterocycles. The van der Waals surface area contributed by atoms with Crippen LogP contribution in [0.2, 0.25) is 0 Å². The first kappa shape index (κ1) is 13.5. The van der Waals surface area contributed by atoms with Crippen molar-refractivity contribution >= 4 is 5.97 Å². The molecule has 1 atom stereocenters. The summed E-state index contributed by atoms with van der Waals surface area (Å²) in [5.41, 5.74) is -0.444. The van der Waals surface area contributed by atoms with Crippen LogP contribution in [0.25, 0.3) is 0 Å². The molecule has 6 heteroatoms. The van der Waals surface area contributed by atoms with Gasteiger partial charge in [0.05, 0.1) is 0 Å². The quantitative estimate of drug-likeness (QED) is 0.832. The Bertz CT molecular complexity index is 401. The molecule has 1 unspecified atom stereocenters. The van der Waals surface area contributed by atoms with Crippen LogP contribution in [-0.2, 0) is 11.2 Å². The largest absolute Gasteiger partial charge is 0.481 e. The molecule has 0 aliphatic rings. The van der Waals surface area contributed by atoms with E-state index >= 15 is 0 Å². The molecule has 0 aliphatic heterocycles. The molecule has 2 nitrogen and oxygen atoms in total. The van der Waals surface area contributed by atoms with E-state index in [4.69, 9.17) is 5.11 Å². The van der Waals surface area contributed by atoms with Gasteiger partial charge in [-0.3, -0.25) is 4.79 Å². The maximum Gasteiger partial charge on any atom is 0.423 e. The van der Waals surface area contributed by atoms with E-state index in [9.17, 15) is 22.4 Å². The minimum absolute atomic E-state index is 0.0692.